The Labute approximate surface area is 172 Å². The van der Waals surface area contributed by atoms with Gasteiger partial charge in [-0.05, 0) is 56.5 Å². The van der Waals surface area contributed by atoms with Gasteiger partial charge in [-0.1, -0.05) is 43.7 Å². The Kier molecular flexibility index (Phi) is 6.06. The number of rotatable bonds is 7. The number of hydrogen-bond donors (Lipinski definition) is 1. The first kappa shape index (κ1) is 20.6. The van der Waals surface area contributed by atoms with Crippen LogP contribution in [0, 0.1) is 12.8 Å². The minimum atomic E-state index is -0.290. The highest BCUT2D eigenvalue weighted by atomic mass is 16.5. The van der Waals surface area contributed by atoms with Crippen LogP contribution in [0.1, 0.15) is 38.8 Å². The van der Waals surface area contributed by atoms with Gasteiger partial charge in [-0.3, -0.25) is 14.5 Å². The summed E-state index contributed by atoms with van der Waals surface area (Å²) in [6.07, 6.45) is 0.0649. The lowest BCUT2D eigenvalue weighted by atomic mass is 10.0. The molecule has 1 heterocycles. The van der Waals surface area contributed by atoms with Gasteiger partial charge in [0.05, 0.1) is 11.7 Å². The zero-order valence-corrected chi connectivity index (χ0v) is 17.7. The molecule has 0 aromatic heterocycles. The Balaban J connectivity index is 2.00. The minimum absolute atomic E-state index is 0.0649. The van der Waals surface area contributed by atoms with Crippen LogP contribution in [0.2, 0.25) is 0 Å². The molecule has 1 N–H and O–H groups in total. The van der Waals surface area contributed by atoms with Gasteiger partial charge in [0.1, 0.15) is 11.4 Å². The highest BCUT2D eigenvalue weighted by molar-refractivity contribution is 6.36. The van der Waals surface area contributed by atoms with E-state index in [0.717, 1.165) is 17.0 Å². The predicted octanol–water partition coefficient (Wildman–Crippen LogP) is 4.63. The SMILES string of the molecule is Cc1ccc(NC2=C(c3ccc(OC(C)C)cc3)C(=O)N(CC(C)C)C2=O)cc1. The molecule has 152 valence electrons. The van der Waals surface area contributed by atoms with Gasteiger partial charge in [0.2, 0.25) is 0 Å². The number of carbonyl (C=O) groups is 2. The smallest absolute Gasteiger partial charge is 0.278 e. The molecule has 5 nitrogen and oxygen atoms in total. The third-order valence-corrected chi connectivity index (χ3v) is 4.55. The Morgan fingerprint density at radius 3 is 2.07 bits per heavy atom. The Hall–Kier alpha value is -3.08. The summed E-state index contributed by atoms with van der Waals surface area (Å²) in [4.78, 5) is 27.6. The lowest BCUT2D eigenvalue weighted by molar-refractivity contribution is -0.137. The average molecular weight is 392 g/mol. The maximum absolute atomic E-state index is 13.1. The van der Waals surface area contributed by atoms with Crippen LogP contribution in [0.15, 0.2) is 54.2 Å². The molecule has 0 bridgehead atoms. The van der Waals surface area contributed by atoms with E-state index >= 15 is 0 Å². The van der Waals surface area contributed by atoms with Crippen LogP contribution in [0.5, 0.6) is 5.75 Å². The first-order valence-corrected chi connectivity index (χ1v) is 9.97. The monoisotopic (exact) mass is 392 g/mol. The first-order valence-electron chi connectivity index (χ1n) is 9.97. The van der Waals surface area contributed by atoms with E-state index in [4.69, 9.17) is 4.74 Å². The lowest BCUT2D eigenvalue weighted by Gasteiger charge is -2.17. The third-order valence-electron chi connectivity index (χ3n) is 4.55. The summed E-state index contributed by atoms with van der Waals surface area (Å²) in [5, 5.41) is 3.18. The summed E-state index contributed by atoms with van der Waals surface area (Å²) in [5.41, 5.74) is 3.31. The normalized spacial score (nSPS) is 14.4. The number of nitrogens with one attached hydrogen (secondary N) is 1. The van der Waals surface area contributed by atoms with Crippen LogP contribution in [0.3, 0.4) is 0 Å². The van der Waals surface area contributed by atoms with Crippen LogP contribution in [-0.4, -0.2) is 29.4 Å². The van der Waals surface area contributed by atoms with Crippen molar-refractivity contribution in [1.29, 1.82) is 0 Å². The van der Waals surface area contributed by atoms with Crippen molar-refractivity contribution >= 4 is 23.1 Å². The molecule has 5 heteroatoms. The summed E-state index contributed by atoms with van der Waals surface area (Å²) in [6.45, 7) is 10.3. The predicted molar refractivity (Wildman–Crippen MR) is 115 cm³/mol. The molecule has 0 unspecified atom stereocenters. The number of benzene rings is 2. The third kappa shape index (κ3) is 4.67. The quantitative estimate of drug-likeness (QED) is 0.698. The molecule has 0 saturated carbocycles. The van der Waals surface area contributed by atoms with E-state index in [9.17, 15) is 9.59 Å². The maximum Gasteiger partial charge on any atom is 0.278 e. The molecule has 0 fully saturated rings. The van der Waals surface area contributed by atoms with Crippen molar-refractivity contribution in [3.05, 3.63) is 65.4 Å². The summed E-state index contributed by atoms with van der Waals surface area (Å²) < 4.78 is 5.69. The molecule has 2 amide bonds. The molecule has 2 aromatic carbocycles. The number of aryl methyl sites for hydroxylation is 1. The van der Waals surface area contributed by atoms with Crippen molar-refractivity contribution in [2.24, 2.45) is 5.92 Å². The van der Waals surface area contributed by atoms with Crippen LogP contribution in [0.25, 0.3) is 5.57 Å². The van der Waals surface area contributed by atoms with Gasteiger partial charge in [0.15, 0.2) is 0 Å². The Bertz CT molecular complexity index is 926. The zero-order chi connectivity index (χ0) is 21.1. The molecular weight excluding hydrogens is 364 g/mol. The van der Waals surface area contributed by atoms with Crippen LogP contribution >= 0.6 is 0 Å². The van der Waals surface area contributed by atoms with Crippen LogP contribution < -0.4 is 10.1 Å². The molecule has 1 aliphatic rings. The standard InChI is InChI=1S/C24H28N2O3/c1-15(2)14-26-23(27)21(18-8-12-20(13-9-18)29-16(3)4)22(24(26)28)25-19-10-6-17(5)7-11-19/h6-13,15-16,25H,14H2,1-5H3. The number of hydrogen-bond acceptors (Lipinski definition) is 4. The van der Waals surface area contributed by atoms with E-state index in [0.29, 0.717) is 23.4 Å². The maximum atomic E-state index is 13.1. The fourth-order valence-corrected chi connectivity index (χ4v) is 3.24. The van der Waals surface area contributed by atoms with E-state index in [1.54, 1.807) is 0 Å². The van der Waals surface area contributed by atoms with Crippen molar-refractivity contribution in [2.75, 3.05) is 11.9 Å². The molecule has 0 saturated heterocycles. The van der Waals surface area contributed by atoms with E-state index in [1.807, 2.05) is 83.1 Å². The molecule has 0 atom stereocenters. The second kappa shape index (κ2) is 8.52. The van der Waals surface area contributed by atoms with E-state index in [-0.39, 0.29) is 23.8 Å². The molecule has 1 aliphatic heterocycles. The number of anilines is 1. The fourth-order valence-electron chi connectivity index (χ4n) is 3.24. The Morgan fingerprint density at radius 1 is 0.897 bits per heavy atom. The van der Waals surface area contributed by atoms with Gasteiger partial charge >= 0.3 is 0 Å². The van der Waals surface area contributed by atoms with E-state index < -0.39 is 0 Å². The number of amides is 2. The van der Waals surface area contributed by atoms with E-state index in [2.05, 4.69) is 5.32 Å². The fraction of sp³-hybridized carbons (Fsp3) is 0.333. The van der Waals surface area contributed by atoms with Crippen molar-refractivity contribution in [2.45, 2.75) is 40.7 Å². The van der Waals surface area contributed by atoms with E-state index in [1.165, 1.54) is 4.90 Å². The summed E-state index contributed by atoms with van der Waals surface area (Å²) in [7, 11) is 0. The van der Waals surface area contributed by atoms with Gasteiger partial charge in [-0.25, -0.2) is 0 Å². The number of imide groups is 1. The number of nitrogens with zero attached hydrogens (tertiary/aromatic N) is 1. The largest absolute Gasteiger partial charge is 0.491 e. The van der Waals surface area contributed by atoms with Crippen LogP contribution in [0.4, 0.5) is 5.69 Å². The lowest BCUT2D eigenvalue weighted by Crippen LogP contribution is -2.35. The molecule has 0 aliphatic carbocycles. The van der Waals surface area contributed by atoms with Gasteiger partial charge in [0.25, 0.3) is 11.8 Å². The average Bonchev–Trinajstić information content (AvgIpc) is 2.88. The van der Waals surface area contributed by atoms with Crippen molar-refractivity contribution < 1.29 is 14.3 Å². The Morgan fingerprint density at radius 2 is 1.52 bits per heavy atom. The molecule has 3 rings (SSSR count). The topological polar surface area (TPSA) is 58.6 Å². The highest BCUT2D eigenvalue weighted by Gasteiger charge is 2.39. The summed E-state index contributed by atoms with van der Waals surface area (Å²) in [6, 6.07) is 15.1. The summed E-state index contributed by atoms with van der Waals surface area (Å²) in [5.74, 6) is 0.357. The minimum Gasteiger partial charge on any atom is -0.491 e. The molecule has 0 radical (unpaired) electrons. The molecular formula is C24H28N2O3. The number of carbonyl (C=O) groups excluding carboxylic acids is 2. The van der Waals surface area contributed by atoms with Crippen LogP contribution in [-0.2, 0) is 9.59 Å². The number of ether oxygens (including phenoxy) is 1. The first-order chi connectivity index (χ1) is 13.8. The zero-order valence-electron chi connectivity index (χ0n) is 17.7. The van der Waals surface area contributed by atoms with Crippen molar-refractivity contribution in [3.8, 4) is 5.75 Å². The van der Waals surface area contributed by atoms with Gasteiger partial charge in [-0.2, -0.15) is 0 Å². The molecule has 2 aromatic rings. The second-order valence-corrected chi connectivity index (χ2v) is 8.05. The van der Waals surface area contributed by atoms with Crippen molar-refractivity contribution in [1.82, 2.24) is 4.90 Å². The second-order valence-electron chi connectivity index (χ2n) is 8.05. The highest BCUT2D eigenvalue weighted by Crippen LogP contribution is 2.32. The van der Waals surface area contributed by atoms with Gasteiger partial charge < -0.3 is 10.1 Å². The molecule has 29 heavy (non-hydrogen) atoms. The van der Waals surface area contributed by atoms with Gasteiger partial charge in [0, 0.05) is 12.2 Å². The van der Waals surface area contributed by atoms with Crippen molar-refractivity contribution in [3.63, 3.8) is 0 Å². The summed E-state index contributed by atoms with van der Waals surface area (Å²) >= 11 is 0. The van der Waals surface area contributed by atoms with Gasteiger partial charge in [-0.15, -0.1) is 0 Å². The molecule has 0 spiro atoms.